The number of nitrogens with zero attached hydrogens (tertiary/aromatic N) is 2. The van der Waals surface area contributed by atoms with Crippen LogP contribution in [0.5, 0.6) is 0 Å². The molecule has 1 aliphatic rings. The van der Waals surface area contributed by atoms with Crippen molar-refractivity contribution in [2.75, 3.05) is 6.61 Å². The van der Waals surface area contributed by atoms with Crippen molar-refractivity contribution in [3.8, 4) is 0 Å². The van der Waals surface area contributed by atoms with E-state index in [9.17, 15) is 20.1 Å². The molecule has 128 valence electrons. The fraction of sp³-hybridized carbons (Fsp3) is 0.600. The molecule has 0 spiro atoms. The number of rotatable bonds is 6. The molecule has 8 heteroatoms. The molecule has 1 aromatic rings. The normalized spacial score (nSPS) is 28.3. The molecule has 0 bridgehead atoms. The molecular weight excluding hydrogens is 304 g/mol. The minimum atomic E-state index is -1.29. The Labute approximate surface area is 133 Å². The third-order valence-electron chi connectivity index (χ3n) is 3.74. The van der Waals surface area contributed by atoms with E-state index in [1.54, 1.807) is 0 Å². The highest BCUT2D eigenvalue weighted by molar-refractivity contribution is 5.42. The van der Waals surface area contributed by atoms with Crippen LogP contribution in [0, 0.1) is 0 Å². The summed E-state index contributed by atoms with van der Waals surface area (Å²) >= 11 is 0. The first-order valence-corrected chi connectivity index (χ1v) is 7.59. The van der Waals surface area contributed by atoms with E-state index < -0.39 is 36.7 Å². The lowest BCUT2D eigenvalue weighted by atomic mass is 10.1. The number of hydrogen-bond donors (Lipinski definition) is 4. The van der Waals surface area contributed by atoms with E-state index in [1.807, 2.05) is 6.92 Å². The Morgan fingerprint density at radius 2 is 2.17 bits per heavy atom. The Bertz CT molecular complexity index is 614. The number of aliphatic hydroxyl groups excluding tert-OH is 4. The van der Waals surface area contributed by atoms with E-state index in [0.29, 0.717) is 6.42 Å². The Morgan fingerprint density at radius 3 is 2.78 bits per heavy atom. The van der Waals surface area contributed by atoms with E-state index in [1.165, 1.54) is 22.9 Å². The molecule has 0 aliphatic carbocycles. The molecule has 1 aliphatic heterocycles. The summed E-state index contributed by atoms with van der Waals surface area (Å²) in [7, 11) is 0. The van der Waals surface area contributed by atoms with E-state index in [-0.39, 0.29) is 11.6 Å². The second-order valence-corrected chi connectivity index (χ2v) is 5.50. The quantitative estimate of drug-likeness (QED) is 0.540. The molecule has 1 aromatic heterocycles. The number of aromatic nitrogens is 2. The standard InChI is InChI=1S/C15H22N2O6/c1-2-3-4-9(19)7-11-16-12(20)5-6-17(11)15-14(22)13(21)10(8-18)23-15/h5-7,10,13-15,18-19,21-22H,2-4,8H2,1H3/b9-7+/t10-,13-,14+,15-/m1/s1. The largest absolute Gasteiger partial charge is 0.512 e. The summed E-state index contributed by atoms with van der Waals surface area (Å²) in [5.41, 5.74) is -0.498. The lowest BCUT2D eigenvalue weighted by molar-refractivity contribution is -0.0537. The van der Waals surface area contributed by atoms with Crippen LogP contribution < -0.4 is 5.56 Å². The van der Waals surface area contributed by atoms with Gasteiger partial charge in [-0.3, -0.25) is 4.79 Å². The van der Waals surface area contributed by atoms with Gasteiger partial charge in [-0.05, 0) is 6.42 Å². The highest BCUT2D eigenvalue weighted by Crippen LogP contribution is 2.30. The molecule has 0 amide bonds. The van der Waals surface area contributed by atoms with E-state index in [4.69, 9.17) is 9.84 Å². The third-order valence-corrected chi connectivity index (χ3v) is 3.74. The molecule has 0 radical (unpaired) electrons. The SMILES string of the molecule is CCCC/C(O)=C\c1nc(=O)ccn1[C@@H]1O[C@H](CO)[C@@H](O)[C@@H]1O. The number of aliphatic hydroxyl groups is 4. The number of hydrogen-bond acceptors (Lipinski definition) is 7. The summed E-state index contributed by atoms with van der Waals surface area (Å²) in [5, 5.41) is 39.0. The van der Waals surface area contributed by atoms with Crippen molar-refractivity contribution in [2.24, 2.45) is 0 Å². The molecule has 8 nitrogen and oxygen atoms in total. The van der Waals surface area contributed by atoms with Crippen LogP contribution >= 0.6 is 0 Å². The minimum absolute atomic E-state index is 0.0606. The van der Waals surface area contributed by atoms with Crippen LogP contribution in [0.3, 0.4) is 0 Å². The van der Waals surface area contributed by atoms with Crippen LogP contribution in [0.15, 0.2) is 22.8 Å². The van der Waals surface area contributed by atoms with E-state index in [2.05, 4.69) is 4.98 Å². The number of unbranched alkanes of at least 4 members (excludes halogenated alkanes) is 1. The van der Waals surface area contributed by atoms with Crippen molar-refractivity contribution in [1.29, 1.82) is 0 Å². The van der Waals surface area contributed by atoms with Crippen molar-refractivity contribution in [3.63, 3.8) is 0 Å². The second-order valence-electron chi connectivity index (χ2n) is 5.50. The zero-order valence-corrected chi connectivity index (χ0v) is 12.9. The fourth-order valence-electron chi connectivity index (χ4n) is 2.44. The average Bonchev–Trinajstić information content (AvgIpc) is 2.81. The van der Waals surface area contributed by atoms with Crippen molar-refractivity contribution in [2.45, 2.75) is 50.7 Å². The van der Waals surface area contributed by atoms with Crippen LogP contribution in [-0.2, 0) is 4.74 Å². The first kappa shape index (κ1) is 17.6. The van der Waals surface area contributed by atoms with Gasteiger partial charge in [0, 0.05) is 24.8 Å². The summed E-state index contributed by atoms with van der Waals surface area (Å²) in [6, 6.07) is 1.19. The van der Waals surface area contributed by atoms with Gasteiger partial charge >= 0.3 is 0 Å². The van der Waals surface area contributed by atoms with Gasteiger partial charge in [0.05, 0.1) is 12.4 Å². The molecule has 0 saturated carbocycles. The summed E-state index contributed by atoms with van der Waals surface area (Å²) in [4.78, 5) is 15.3. The predicted molar refractivity (Wildman–Crippen MR) is 81.6 cm³/mol. The second kappa shape index (κ2) is 7.69. The van der Waals surface area contributed by atoms with Gasteiger partial charge in [0.1, 0.15) is 24.1 Å². The Hall–Kier alpha value is -1.74. The van der Waals surface area contributed by atoms with Gasteiger partial charge in [-0.2, -0.15) is 4.98 Å². The fourth-order valence-corrected chi connectivity index (χ4v) is 2.44. The summed E-state index contributed by atoms with van der Waals surface area (Å²) < 4.78 is 6.78. The molecule has 23 heavy (non-hydrogen) atoms. The van der Waals surface area contributed by atoms with Crippen molar-refractivity contribution >= 4 is 6.08 Å². The van der Waals surface area contributed by atoms with Gasteiger partial charge in [0.15, 0.2) is 6.23 Å². The molecule has 0 aromatic carbocycles. The van der Waals surface area contributed by atoms with Crippen molar-refractivity contribution < 1.29 is 25.2 Å². The van der Waals surface area contributed by atoms with Crippen molar-refractivity contribution in [1.82, 2.24) is 9.55 Å². The maximum Gasteiger partial charge on any atom is 0.273 e. The van der Waals surface area contributed by atoms with E-state index in [0.717, 1.165) is 12.8 Å². The van der Waals surface area contributed by atoms with Gasteiger partial charge in [0.2, 0.25) is 0 Å². The molecule has 0 unspecified atom stereocenters. The lowest BCUT2D eigenvalue weighted by Gasteiger charge is -2.20. The maximum absolute atomic E-state index is 11.5. The highest BCUT2D eigenvalue weighted by Gasteiger charge is 2.43. The number of allylic oxidation sites excluding steroid dienone is 1. The Morgan fingerprint density at radius 1 is 1.43 bits per heavy atom. The monoisotopic (exact) mass is 326 g/mol. The van der Waals surface area contributed by atoms with Gasteiger partial charge in [0.25, 0.3) is 5.56 Å². The highest BCUT2D eigenvalue weighted by atomic mass is 16.6. The van der Waals surface area contributed by atoms with Crippen LogP contribution in [-0.4, -0.2) is 54.9 Å². The molecule has 1 saturated heterocycles. The van der Waals surface area contributed by atoms with Gasteiger partial charge in [-0.1, -0.05) is 13.3 Å². The summed E-state index contributed by atoms with van der Waals surface area (Å²) in [6.07, 6.45) is 0.351. The molecular formula is C15H22N2O6. The molecule has 2 heterocycles. The topological polar surface area (TPSA) is 125 Å². The van der Waals surface area contributed by atoms with Crippen LogP contribution in [0.1, 0.15) is 38.2 Å². The molecule has 1 fully saturated rings. The first-order chi connectivity index (χ1) is 11.0. The van der Waals surface area contributed by atoms with Gasteiger partial charge < -0.3 is 29.7 Å². The van der Waals surface area contributed by atoms with Crippen LogP contribution in [0.2, 0.25) is 0 Å². The summed E-state index contributed by atoms with van der Waals surface area (Å²) in [6.45, 7) is 1.54. The Kier molecular flexibility index (Phi) is 5.89. The Balaban J connectivity index is 2.34. The predicted octanol–water partition coefficient (Wildman–Crippen LogP) is -0.0561. The smallest absolute Gasteiger partial charge is 0.273 e. The zero-order valence-electron chi connectivity index (χ0n) is 12.9. The number of ether oxygens (including phenoxy) is 1. The molecule has 4 atom stereocenters. The zero-order chi connectivity index (χ0) is 17.0. The van der Waals surface area contributed by atoms with E-state index >= 15 is 0 Å². The first-order valence-electron chi connectivity index (χ1n) is 7.59. The van der Waals surface area contributed by atoms with Gasteiger partial charge in [-0.15, -0.1) is 0 Å². The maximum atomic E-state index is 11.5. The van der Waals surface area contributed by atoms with Crippen LogP contribution in [0.4, 0.5) is 0 Å². The minimum Gasteiger partial charge on any atom is -0.512 e. The van der Waals surface area contributed by atoms with Crippen molar-refractivity contribution in [3.05, 3.63) is 34.2 Å². The lowest BCUT2D eigenvalue weighted by Crippen LogP contribution is -2.33. The average molecular weight is 326 g/mol. The third kappa shape index (κ3) is 3.97. The molecule has 2 rings (SSSR count). The van der Waals surface area contributed by atoms with Crippen LogP contribution in [0.25, 0.3) is 6.08 Å². The molecule has 4 N–H and O–H groups in total. The summed E-state index contributed by atoms with van der Waals surface area (Å²) in [5.74, 6) is 0.173. The van der Waals surface area contributed by atoms with Gasteiger partial charge in [-0.25, -0.2) is 0 Å².